The molecule has 0 saturated heterocycles. The van der Waals surface area contributed by atoms with E-state index in [1.54, 1.807) is 6.07 Å². The van der Waals surface area contributed by atoms with E-state index < -0.39 is 0 Å². The highest BCUT2D eigenvalue weighted by Gasteiger charge is 2.26. The molecule has 0 aliphatic heterocycles. The van der Waals surface area contributed by atoms with E-state index in [0.29, 0.717) is 17.5 Å². The predicted molar refractivity (Wildman–Crippen MR) is 94.3 cm³/mol. The lowest BCUT2D eigenvalue weighted by Gasteiger charge is -2.15. The minimum Gasteiger partial charge on any atom is -0.351 e. The van der Waals surface area contributed by atoms with Crippen LogP contribution in [0.1, 0.15) is 55.7 Å². The molecule has 2 aliphatic rings. The van der Waals surface area contributed by atoms with E-state index in [-0.39, 0.29) is 0 Å². The fourth-order valence-electron chi connectivity index (χ4n) is 3.25. The number of anilines is 3. The van der Waals surface area contributed by atoms with Crippen molar-refractivity contribution in [2.24, 2.45) is 0 Å². The molecule has 0 bridgehead atoms. The van der Waals surface area contributed by atoms with Crippen LogP contribution in [-0.2, 0) is 0 Å². The number of nitrogens with zero attached hydrogens (tertiary/aromatic N) is 3. The van der Waals surface area contributed by atoms with Crippen molar-refractivity contribution >= 4 is 17.5 Å². The molecule has 2 N–H and O–H groups in total. The van der Waals surface area contributed by atoms with Crippen LogP contribution in [0, 0.1) is 11.3 Å². The maximum Gasteiger partial charge on any atom is 0.225 e. The number of aromatic nitrogens is 2. The molecular formula is C19H21N5. The van der Waals surface area contributed by atoms with Crippen molar-refractivity contribution < 1.29 is 0 Å². The van der Waals surface area contributed by atoms with Crippen molar-refractivity contribution in [2.75, 3.05) is 10.6 Å². The third kappa shape index (κ3) is 3.48. The number of nitriles is 1. The molecule has 0 atom stereocenters. The van der Waals surface area contributed by atoms with Crippen LogP contribution in [0.15, 0.2) is 30.3 Å². The average Bonchev–Trinajstić information content (AvgIpc) is 3.33. The fraction of sp³-hybridized carbons (Fsp3) is 0.421. The van der Waals surface area contributed by atoms with Gasteiger partial charge in [-0.25, -0.2) is 4.98 Å². The Morgan fingerprint density at radius 3 is 2.62 bits per heavy atom. The van der Waals surface area contributed by atoms with Crippen molar-refractivity contribution in [1.29, 1.82) is 5.26 Å². The molecule has 0 amide bonds. The molecule has 2 aromatic rings. The second-order valence-electron chi connectivity index (χ2n) is 6.72. The lowest BCUT2D eigenvalue weighted by Crippen LogP contribution is -2.17. The van der Waals surface area contributed by atoms with Crippen molar-refractivity contribution in [3.63, 3.8) is 0 Å². The molecule has 0 unspecified atom stereocenters. The Balaban J connectivity index is 1.58. The summed E-state index contributed by atoms with van der Waals surface area (Å²) in [6, 6.07) is 12.2. The molecule has 5 heteroatoms. The smallest absolute Gasteiger partial charge is 0.225 e. The average molecular weight is 319 g/mol. The van der Waals surface area contributed by atoms with Crippen LogP contribution in [0.25, 0.3) is 0 Å². The van der Waals surface area contributed by atoms with Gasteiger partial charge in [0.15, 0.2) is 0 Å². The number of benzene rings is 1. The topological polar surface area (TPSA) is 73.6 Å². The molecule has 1 aromatic carbocycles. The third-order valence-corrected chi connectivity index (χ3v) is 4.69. The molecule has 4 rings (SSSR count). The molecule has 1 aromatic heterocycles. The van der Waals surface area contributed by atoms with E-state index in [4.69, 9.17) is 10.2 Å². The summed E-state index contributed by atoms with van der Waals surface area (Å²) in [5, 5.41) is 15.9. The van der Waals surface area contributed by atoms with Crippen LogP contribution in [0.3, 0.4) is 0 Å². The lowest BCUT2D eigenvalue weighted by molar-refractivity contribution is 0.742. The molecule has 2 saturated carbocycles. The highest BCUT2D eigenvalue weighted by Crippen LogP contribution is 2.40. The Morgan fingerprint density at radius 2 is 1.88 bits per heavy atom. The van der Waals surface area contributed by atoms with Crippen molar-refractivity contribution in [1.82, 2.24) is 9.97 Å². The first-order valence-electron chi connectivity index (χ1n) is 8.73. The van der Waals surface area contributed by atoms with E-state index in [9.17, 15) is 0 Å². The Bertz CT molecular complexity index is 770. The monoisotopic (exact) mass is 319 g/mol. The van der Waals surface area contributed by atoms with Crippen molar-refractivity contribution in [3.05, 3.63) is 41.6 Å². The van der Waals surface area contributed by atoms with Crippen LogP contribution in [-0.4, -0.2) is 16.0 Å². The predicted octanol–water partition coefficient (Wildman–Crippen LogP) is 4.32. The zero-order valence-electron chi connectivity index (χ0n) is 13.6. The first kappa shape index (κ1) is 14.9. The molecule has 2 fully saturated rings. The zero-order valence-corrected chi connectivity index (χ0v) is 13.6. The number of hydrogen-bond acceptors (Lipinski definition) is 5. The van der Waals surface area contributed by atoms with Gasteiger partial charge in [0, 0.05) is 23.7 Å². The summed E-state index contributed by atoms with van der Waals surface area (Å²) in [6.45, 7) is 0. The molecular weight excluding hydrogens is 298 g/mol. The molecule has 1 heterocycles. The number of hydrogen-bond donors (Lipinski definition) is 2. The summed E-state index contributed by atoms with van der Waals surface area (Å²) in [7, 11) is 0. The molecule has 5 nitrogen and oxygen atoms in total. The SMILES string of the molecule is N#Cc1cccc(Nc2cc(C3CC3)nc(NC3CCCC3)n2)c1. The summed E-state index contributed by atoms with van der Waals surface area (Å²) in [6.07, 6.45) is 7.39. The third-order valence-electron chi connectivity index (χ3n) is 4.69. The largest absolute Gasteiger partial charge is 0.351 e. The first-order valence-corrected chi connectivity index (χ1v) is 8.73. The molecule has 2 aliphatic carbocycles. The van der Waals surface area contributed by atoms with Gasteiger partial charge in [-0.15, -0.1) is 0 Å². The van der Waals surface area contributed by atoms with E-state index in [1.165, 1.54) is 38.5 Å². The van der Waals surface area contributed by atoms with Gasteiger partial charge in [0.1, 0.15) is 5.82 Å². The highest BCUT2D eigenvalue weighted by atomic mass is 15.2. The van der Waals surface area contributed by atoms with Crippen molar-refractivity contribution in [3.8, 4) is 6.07 Å². The zero-order chi connectivity index (χ0) is 16.4. The Labute approximate surface area is 142 Å². The maximum absolute atomic E-state index is 9.04. The van der Waals surface area contributed by atoms with Crippen LogP contribution in [0.5, 0.6) is 0 Å². The van der Waals surface area contributed by atoms with E-state index in [2.05, 4.69) is 21.7 Å². The molecule has 122 valence electrons. The normalized spacial score (nSPS) is 17.5. The van der Waals surface area contributed by atoms with Crippen LogP contribution in [0.4, 0.5) is 17.5 Å². The minimum atomic E-state index is 0.495. The van der Waals surface area contributed by atoms with Gasteiger partial charge in [0.2, 0.25) is 5.95 Å². The standard InChI is InChI=1S/C19H21N5/c20-12-13-4-3-7-16(10-13)21-18-11-17(14-8-9-14)23-19(24-18)22-15-5-1-2-6-15/h3-4,7,10-11,14-15H,1-2,5-6,8-9H2,(H2,21,22,23,24). The number of nitrogens with one attached hydrogen (secondary N) is 2. The quantitative estimate of drug-likeness (QED) is 0.858. The van der Waals surface area contributed by atoms with Crippen LogP contribution < -0.4 is 10.6 Å². The summed E-state index contributed by atoms with van der Waals surface area (Å²) in [4.78, 5) is 9.36. The van der Waals surface area contributed by atoms with Gasteiger partial charge in [-0.3, -0.25) is 0 Å². The first-order chi connectivity index (χ1) is 11.8. The molecule has 0 radical (unpaired) electrons. The van der Waals surface area contributed by atoms with Gasteiger partial charge in [-0.2, -0.15) is 10.2 Å². The van der Waals surface area contributed by atoms with Gasteiger partial charge < -0.3 is 10.6 Å². The Hall–Kier alpha value is -2.61. The Kier molecular flexibility index (Phi) is 4.04. The second-order valence-corrected chi connectivity index (χ2v) is 6.72. The molecule has 24 heavy (non-hydrogen) atoms. The van der Waals surface area contributed by atoms with Crippen LogP contribution in [0.2, 0.25) is 0 Å². The van der Waals surface area contributed by atoms with Crippen molar-refractivity contribution in [2.45, 2.75) is 50.5 Å². The molecule has 0 spiro atoms. The summed E-state index contributed by atoms with van der Waals surface area (Å²) < 4.78 is 0. The number of rotatable bonds is 5. The van der Waals surface area contributed by atoms with Gasteiger partial charge in [0.05, 0.1) is 17.3 Å². The summed E-state index contributed by atoms with van der Waals surface area (Å²) in [5.41, 5.74) is 2.63. The van der Waals surface area contributed by atoms with E-state index >= 15 is 0 Å². The van der Waals surface area contributed by atoms with E-state index in [0.717, 1.165) is 23.1 Å². The van der Waals surface area contributed by atoms with E-state index in [1.807, 2.05) is 24.3 Å². The van der Waals surface area contributed by atoms with Crippen LogP contribution >= 0.6 is 0 Å². The van der Waals surface area contributed by atoms with Gasteiger partial charge in [0.25, 0.3) is 0 Å². The van der Waals surface area contributed by atoms with Gasteiger partial charge in [-0.1, -0.05) is 18.9 Å². The minimum absolute atomic E-state index is 0.495. The van der Waals surface area contributed by atoms with Gasteiger partial charge in [-0.05, 0) is 43.9 Å². The Morgan fingerprint density at radius 1 is 1.04 bits per heavy atom. The second kappa shape index (κ2) is 6.48. The lowest BCUT2D eigenvalue weighted by atomic mass is 10.2. The maximum atomic E-state index is 9.04. The summed E-state index contributed by atoms with van der Waals surface area (Å²) >= 11 is 0. The summed E-state index contributed by atoms with van der Waals surface area (Å²) in [5.74, 6) is 2.09. The highest BCUT2D eigenvalue weighted by molar-refractivity contribution is 5.60. The fourth-order valence-corrected chi connectivity index (χ4v) is 3.25. The van der Waals surface area contributed by atoms with Gasteiger partial charge >= 0.3 is 0 Å².